The maximum Gasteiger partial charge on any atom is 0.411 e. The van der Waals surface area contributed by atoms with Gasteiger partial charge in [0.2, 0.25) is 5.91 Å². The van der Waals surface area contributed by atoms with E-state index in [1.807, 2.05) is 58.0 Å². The van der Waals surface area contributed by atoms with E-state index in [1.165, 1.54) is 9.80 Å². The van der Waals surface area contributed by atoms with E-state index >= 15 is 0 Å². The molecule has 1 fully saturated rings. The number of benzene rings is 2. The first-order valence-corrected chi connectivity index (χ1v) is 15.4. The number of likely N-dealkylation sites (N-methyl/N-ethyl adjacent to an activating group) is 2. The molecule has 3 heterocycles. The van der Waals surface area contributed by atoms with Crippen molar-refractivity contribution in [2.75, 3.05) is 77.3 Å². The van der Waals surface area contributed by atoms with Crippen LogP contribution < -0.4 is 14.5 Å². The van der Waals surface area contributed by atoms with E-state index in [1.54, 1.807) is 26.2 Å². The summed E-state index contributed by atoms with van der Waals surface area (Å²) in [4.78, 5) is 45.7. The van der Waals surface area contributed by atoms with Gasteiger partial charge in [-0.2, -0.15) is 9.97 Å². The molecule has 0 bridgehead atoms. The van der Waals surface area contributed by atoms with Crippen molar-refractivity contribution in [2.24, 2.45) is 0 Å². The van der Waals surface area contributed by atoms with Crippen LogP contribution in [0, 0.1) is 0 Å². The van der Waals surface area contributed by atoms with Gasteiger partial charge in [-0.05, 0) is 52.7 Å². The second kappa shape index (κ2) is 13.0. The lowest BCUT2D eigenvalue weighted by Gasteiger charge is -2.43. The molecule has 2 amide bonds. The first kappa shape index (κ1) is 32.1. The van der Waals surface area contributed by atoms with Crippen LogP contribution in [0.15, 0.2) is 36.4 Å². The number of carbonyl (C=O) groups excluding carboxylic acids is 2. The molecule has 45 heavy (non-hydrogen) atoms. The van der Waals surface area contributed by atoms with E-state index in [2.05, 4.69) is 15.9 Å². The van der Waals surface area contributed by atoms with Gasteiger partial charge in [0.1, 0.15) is 29.8 Å². The average Bonchev–Trinajstić information content (AvgIpc) is 2.98. The second-order valence-electron chi connectivity index (χ2n) is 13.1. The average molecular weight is 620 g/mol. The summed E-state index contributed by atoms with van der Waals surface area (Å²) in [5.74, 6) is 0.753. The van der Waals surface area contributed by atoms with Gasteiger partial charge in [-0.3, -0.25) is 9.69 Å². The first-order chi connectivity index (χ1) is 21.3. The van der Waals surface area contributed by atoms with Crippen molar-refractivity contribution in [3.8, 4) is 11.8 Å². The third kappa shape index (κ3) is 7.33. The Morgan fingerprint density at radius 2 is 1.78 bits per heavy atom. The number of nitrogens with zero attached hydrogens (tertiary/aromatic N) is 7. The molecule has 1 aromatic heterocycles. The molecule has 1 N–H and O–H groups in total. The minimum absolute atomic E-state index is 0.183. The fourth-order valence-corrected chi connectivity index (χ4v) is 5.80. The van der Waals surface area contributed by atoms with E-state index in [9.17, 15) is 14.7 Å². The Hall–Kier alpha value is -4.32. The number of aromatic hydroxyl groups is 1. The van der Waals surface area contributed by atoms with Gasteiger partial charge in [-0.25, -0.2) is 4.79 Å². The monoisotopic (exact) mass is 619 g/mol. The molecule has 2 aliphatic heterocycles. The van der Waals surface area contributed by atoms with E-state index in [0.29, 0.717) is 45.8 Å². The van der Waals surface area contributed by atoms with Crippen molar-refractivity contribution in [1.82, 2.24) is 24.7 Å². The van der Waals surface area contributed by atoms with Crippen LogP contribution in [0.3, 0.4) is 0 Å². The zero-order valence-electron chi connectivity index (χ0n) is 27.4. The molecule has 2 aliphatic rings. The molecular formula is C33H45N7O5. The summed E-state index contributed by atoms with van der Waals surface area (Å²) < 4.78 is 11.7. The van der Waals surface area contributed by atoms with Crippen molar-refractivity contribution in [1.29, 1.82) is 0 Å². The fourth-order valence-electron chi connectivity index (χ4n) is 5.80. The van der Waals surface area contributed by atoms with Crippen LogP contribution in [0.5, 0.6) is 11.8 Å². The van der Waals surface area contributed by atoms with E-state index in [0.717, 1.165) is 33.5 Å². The van der Waals surface area contributed by atoms with Gasteiger partial charge in [0.05, 0.1) is 12.2 Å². The summed E-state index contributed by atoms with van der Waals surface area (Å²) in [6, 6.07) is 11.1. The Labute approximate surface area is 265 Å². The molecule has 1 atom stereocenters. The lowest BCUT2D eigenvalue weighted by Crippen LogP contribution is -2.61. The number of anilines is 2. The minimum Gasteiger partial charge on any atom is -0.508 e. The zero-order chi connectivity index (χ0) is 32.5. The number of fused-ring (bicyclic) bond motifs is 2. The Morgan fingerprint density at radius 3 is 2.49 bits per heavy atom. The molecule has 2 aromatic carbocycles. The molecule has 0 spiro atoms. The minimum atomic E-state index is -0.744. The fraction of sp³-hybridized carbons (Fsp3) is 0.515. The summed E-state index contributed by atoms with van der Waals surface area (Å²) in [6.07, 6.45) is 0.152. The van der Waals surface area contributed by atoms with Crippen LogP contribution in [-0.2, 0) is 22.5 Å². The summed E-state index contributed by atoms with van der Waals surface area (Å²) >= 11 is 0. The predicted octanol–water partition coefficient (Wildman–Crippen LogP) is 3.35. The third-order valence-electron chi connectivity index (χ3n) is 7.99. The molecule has 0 radical (unpaired) electrons. The van der Waals surface area contributed by atoms with E-state index in [-0.39, 0.29) is 24.2 Å². The van der Waals surface area contributed by atoms with E-state index in [4.69, 9.17) is 19.4 Å². The van der Waals surface area contributed by atoms with Gasteiger partial charge < -0.3 is 34.2 Å². The van der Waals surface area contributed by atoms with Crippen molar-refractivity contribution >= 4 is 34.3 Å². The summed E-state index contributed by atoms with van der Waals surface area (Å²) in [6.45, 7) is 8.79. The third-order valence-corrected chi connectivity index (χ3v) is 7.99. The number of phenolic OH excluding ortho intramolecular Hbond substituents is 1. The second-order valence-corrected chi connectivity index (χ2v) is 13.1. The molecular weight excluding hydrogens is 574 g/mol. The van der Waals surface area contributed by atoms with Crippen molar-refractivity contribution in [2.45, 2.75) is 45.4 Å². The standard InChI is InChI=1S/C33H45N7O5/c1-33(2,3)45-32(43)40-15-14-39(21-28(40)30(42)37(6)7)29-25-12-13-38(20-26(25)34-31(35-29)44-17-16-36(4)5)27-19-23(41)18-22-10-8-9-11-24(22)27/h8-11,18-19,28,41H,12-17,20-21H2,1-7H3/t28-/m0/s1. The summed E-state index contributed by atoms with van der Waals surface area (Å²) in [5, 5.41) is 12.5. The van der Waals surface area contributed by atoms with Gasteiger partial charge in [-0.1, -0.05) is 24.3 Å². The van der Waals surface area contributed by atoms with Crippen LogP contribution in [0.1, 0.15) is 32.0 Å². The molecule has 0 saturated carbocycles. The Morgan fingerprint density at radius 1 is 1.02 bits per heavy atom. The summed E-state index contributed by atoms with van der Waals surface area (Å²) in [5.41, 5.74) is 2.09. The number of hydrogen-bond donors (Lipinski definition) is 1. The van der Waals surface area contributed by atoms with Crippen LogP contribution >= 0.6 is 0 Å². The molecule has 5 rings (SSSR count). The molecule has 242 valence electrons. The van der Waals surface area contributed by atoms with Crippen LogP contribution in [0.25, 0.3) is 10.8 Å². The van der Waals surface area contributed by atoms with Gasteiger partial charge in [0.25, 0.3) is 0 Å². The molecule has 1 saturated heterocycles. The number of amides is 2. The Balaban J connectivity index is 1.49. The quantitative estimate of drug-likeness (QED) is 0.422. The number of piperazine rings is 1. The highest BCUT2D eigenvalue weighted by Gasteiger charge is 2.40. The number of phenols is 1. The first-order valence-electron chi connectivity index (χ1n) is 15.4. The Bertz CT molecular complexity index is 1550. The Kier molecular flexibility index (Phi) is 9.24. The number of hydrogen-bond acceptors (Lipinski definition) is 10. The van der Waals surface area contributed by atoms with E-state index < -0.39 is 17.7 Å². The van der Waals surface area contributed by atoms with Gasteiger partial charge in [0, 0.05) is 69.5 Å². The summed E-state index contributed by atoms with van der Waals surface area (Å²) in [7, 11) is 7.34. The maximum atomic E-state index is 13.4. The lowest BCUT2D eigenvalue weighted by molar-refractivity contribution is -0.134. The topological polar surface area (TPSA) is 115 Å². The number of rotatable bonds is 7. The number of carbonyl (C=O) groups is 2. The van der Waals surface area contributed by atoms with Gasteiger partial charge in [0.15, 0.2) is 0 Å². The van der Waals surface area contributed by atoms with Crippen molar-refractivity contribution < 1.29 is 24.2 Å². The molecule has 0 aliphatic carbocycles. The van der Waals surface area contributed by atoms with Crippen molar-refractivity contribution in [3.63, 3.8) is 0 Å². The molecule has 12 heteroatoms. The van der Waals surface area contributed by atoms with Crippen LogP contribution in [0.2, 0.25) is 0 Å². The highest BCUT2D eigenvalue weighted by atomic mass is 16.6. The van der Waals surface area contributed by atoms with Crippen molar-refractivity contribution in [3.05, 3.63) is 47.7 Å². The van der Waals surface area contributed by atoms with Crippen LogP contribution in [0.4, 0.5) is 16.3 Å². The SMILES string of the molecule is CN(C)CCOc1nc2c(c(N3CCN(C(=O)OC(C)(C)C)[C@H](C(=O)N(C)C)C3)n1)CCN(c1cc(O)cc3ccccc13)C2. The number of ether oxygens (including phenoxy) is 2. The maximum absolute atomic E-state index is 13.4. The number of aromatic nitrogens is 2. The normalized spacial score (nSPS) is 17.0. The van der Waals surface area contributed by atoms with Crippen LogP contribution in [-0.4, -0.2) is 121 Å². The predicted molar refractivity (Wildman–Crippen MR) is 174 cm³/mol. The highest BCUT2D eigenvalue weighted by Crippen LogP contribution is 2.36. The lowest BCUT2D eigenvalue weighted by atomic mass is 10.0. The largest absolute Gasteiger partial charge is 0.508 e. The zero-order valence-corrected chi connectivity index (χ0v) is 27.4. The molecule has 0 unspecified atom stereocenters. The van der Waals surface area contributed by atoms with Gasteiger partial charge >= 0.3 is 12.1 Å². The molecule has 3 aromatic rings. The molecule has 12 nitrogen and oxygen atoms in total. The highest BCUT2D eigenvalue weighted by molar-refractivity contribution is 5.95. The smallest absolute Gasteiger partial charge is 0.411 e. The van der Waals surface area contributed by atoms with Gasteiger partial charge in [-0.15, -0.1) is 0 Å².